The normalized spacial score (nSPS) is 10.3. The molecule has 1 heterocycles. The maximum absolute atomic E-state index is 4.16. The molecule has 0 saturated heterocycles. The molecule has 3 nitrogen and oxygen atoms in total. The number of hydrogen-bond donors (Lipinski definition) is 2. The Kier molecular flexibility index (Phi) is 3.88. The molecule has 0 aliphatic rings. The van der Waals surface area contributed by atoms with Crippen LogP contribution in [-0.4, -0.2) is 16.2 Å². The van der Waals surface area contributed by atoms with Crippen molar-refractivity contribution in [3.8, 4) is 0 Å². The summed E-state index contributed by atoms with van der Waals surface area (Å²) in [7, 11) is 0. The number of nitrogens with zero attached hydrogens (tertiary/aromatic N) is 1. The molecule has 1 aromatic heterocycles. The van der Waals surface area contributed by atoms with Crippen molar-refractivity contribution >= 4 is 17.4 Å². The van der Waals surface area contributed by atoms with Gasteiger partial charge < -0.3 is 10.3 Å². The van der Waals surface area contributed by atoms with Gasteiger partial charge in [-0.1, -0.05) is 12.1 Å². The van der Waals surface area contributed by atoms with Crippen LogP contribution < -0.4 is 5.32 Å². The van der Waals surface area contributed by atoms with Gasteiger partial charge in [0, 0.05) is 23.8 Å². The summed E-state index contributed by atoms with van der Waals surface area (Å²) in [6.07, 6.45) is 5.71. The zero-order valence-corrected chi connectivity index (χ0v) is 10.1. The van der Waals surface area contributed by atoms with Crippen molar-refractivity contribution < 1.29 is 0 Å². The minimum absolute atomic E-state index is 0.731. The third-order valence-corrected chi connectivity index (χ3v) is 2.90. The fourth-order valence-corrected chi connectivity index (χ4v) is 1.99. The topological polar surface area (TPSA) is 40.7 Å². The van der Waals surface area contributed by atoms with Crippen LogP contribution in [0.5, 0.6) is 0 Å². The van der Waals surface area contributed by atoms with Crippen LogP contribution in [0.1, 0.15) is 11.4 Å². The molecule has 0 spiro atoms. The first-order valence-corrected chi connectivity index (χ1v) is 6.58. The molecule has 16 heavy (non-hydrogen) atoms. The predicted octanol–water partition coefficient (Wildman–Crippen LogP) is 2.88. The van der Waals surface area contributed by atoms with Crippen LogP contribution in [0.2, 0.25) is 0 Å². The zero-order valence-electron chi connectivity index (χ0n) is 9.23. The smallest absolute Gasteiger partial charge is 0.125 e. The molecule has 2 aromatic rings. The Labute approximate surface area is 99.7 Å². The van der Waals surface area contributed by atoms with E-state index in [0.29, 0.717) is 0 Å². The molecular formula is C12H15N3S. The second-order valence-electron chi connectivity index (χ2n) is 3.52. The highest BCUT2D eigenvalue weighted by Crippen LogP contribution is 2.13. The van der Waals surface area contributed by atoms with Gasteiger partial charge in [0.2, 0.25) is 0 Å². The molecule has 84 valence electrons. The number of imidazole rings is 1. The summed E-state index contributed by atoms with van der Waals surface area (Å²) in [6, 6.07) is 8.52. The van der Waals surface area contributed by atoms with E-state index < -0.39 is 0 Å². The fraction of sp³-hybridized carbons (Fsp3) is 0.250. The Morgan fingerprint density at radius 3 is 2.75 bits per heavy atom. The van der Waals surface area contributed by atoms with Crippen LogP contribution in [0.4, 0.5) is 5.69 Å². The number of benzene rings is 1. The largest absolute Gasteiger partial charge is 0.378 e. The number of H-pyrrole nitrogens is 1. The third-order valence-electron chi connectivity index (χ3n) is 2.28. The van der Waals surface area contributed by atoms with E-state index in [0.717, 1.165) is 23.8 Å². The van der Waals surface area contributed by atoms with Gasteiger partial charge in [0.1, 0.15) is 5.82 Å². The number of anilines is 1. The van der Waals surface area contributed by atoms with Crippen molar-refractivity contribution in [3.05, 3.63) is 48.0 Å². The van der Waals surface area contributed by atoms with Crippen LogP contribution in [0.3, 0.4) is 0 Å². The summed E-state index contributed by atoms with van der Waals surface area (Å²) in [4.78, 5) is 7.22. The minimum Gasteiger partial charge on any atom is -0.378 e. The fourth-order valence-electron chi connectivity index (χ4n) is 1.47. The van der Waals surface area contributed by atoms with Gasteiger partial charge in [-0.3, -0.25) is 0 Å². The molecule has 1 aromatic carbocycles. The molecule has 0 unspecified atom stereocenters. The van der Waals surface area contributed by atoms with Crippen molar-refractivity contribution in [2.45, 2.75) is 12.3 Å². The van der Waals surface area contributed by atoms with E-state index in [-0.39, 0.29) is 0 Å². The van der Waals surface area contributed by atoms with Gasteiger partial charge in [0.05, 0.1) is 6.54 Å². The monoisotopic (exact) mass is 233 g/mol. The third kappa shape index (κ3) is 3.03. The number of aromatic nitrogens is 2. The first kappa shape index (κ1) is 11.1. The summed E-state index contributed by atoms with van der Waals surface area (Å²) in [6.45, 7) is 0.731. The number of nitrogens with one attached hydrogen (secondary N) is 2. The number of thioether (sulfide) groups is 1. The highest BCUT2D eigenvalue weighted by atomic mass is 32.2. The lowest BCUT2D eigenvalue weighted by molar-refractivity contribution is 1.000. The molecule has 0 bridgehead atoms. The van der Waals surface area contributed by atoms with Gasteiger partial charge in [-0.15, -0.1) is 0 Å². The van der Waals surface area contributed by atoms with E-state index in [1.165, 1.54) is 5.56 Å². The number of hydrogen-bond acceptors (Lipinski definition) is 3. The Balaban J connectivity index is 1.90. The van der Waals surface area contributed by atoms with Crippen molar-refractivity contribution in [3.63, 3.8) is 0 Å². The molecule has 0 saturated carbocycles. The summed E-state index contributed by atoms with van der Waals surface area (Å²) in [5.41, 5.74) is 2.48. The van der Waals surface area contributed by atoms with E-state index in [1.54, 1.807) is 6.20 Å². The van der Waals surface area contributed by atoms with E-state index >= 15 is 0 Å². The summed E-state index contributed by atoms with van der Waals surface area (Å²) < 4.78 is 0. The van der Waals surface area contributed by atoms with Gasteiger partial charge in [0.25, 0.3) is 0 Å². The molecule has 0 fully saturated rings. The molecular weight excluding hydrogens is 218 g/mol. The second kappa shape index (κ2) is 5.61. The van der Waals surface area contributed by atoms with Gasteiger partial charge in [-0.2, -0.15) is 11.8 Å². The molecule has 0 radical (unpaired) electrons. The Morgan fingerprint density at radius 1 is 1.31 bits per heavy atom. The van der Waals surface area contributed by atoms with Crippen LogP contribution in [0, 0.1) is 0 Å². The quantitative estimate of drug-likeness (QED) is 0.834. The van der Waals surface area contributed by atoms with Crippen LogP contribution >= 0.6 is 11.8 Å². The van der Waals surface area contributed by atoms with Crippen LogP contribution in [0.15, 0.2) is 36.7 Å². The number of aromatic amines is 1. The highest BCUT2D eigenvalue weighted by molar-refractivity contribution is 7.97. The minimum atomic E-state index is 0.731. The first-order chi connectivity index (χ1) is 7.88. The van der Waals surface area contributed by atoms with Crippen LogP contribution in [-0.2, 0) is 12.3 Å². The average Bonchev–Trinajstić information content (AvgIpc) is 2.82. The molecule has 2 N–H and O–H groups in total. The van der Waals surface area contributed by atoms with Crippen molar-refractivity contribution in [1.82, 2.24) is 9.97 Å². The molecule has 0 aliphatic carbocycles. The van der Waals surface area contributed by atoms with E-state index in [1.807, 2.05) is 18.0 Å². The Hall–Kier alpha value is -1.42. The molecule has 0 atom stereocenters. The van der Waals surface area contributed by atoms with E-state index in [4.69, 9.17) is 0 Å². The van der Waals surface area contributed by atoms with E-state index in [9.17, 15) is 0 Å². The van der Waals surface area contributed by atoms with Gasteiger partial charge in [0.15, 0.2) is 0 Å². The lowest BCUT2D eigenvalue weighted by Gasteiger charge is -2.05. The maximum Gasteiger partial charge on any atom is 0.125 e. The first-order valence-electron chi connectivity index (χ1n) is 5.18. The highest BCUT2D eigenvalue weighted by Gasteiger charge is 1.96. The van der Waals surface area contributed by atoms with Crippen molar-refractivity contribution in [2.24, 2.45) is 0 Å². The Morgan fingerprint density at radius 2 is 2.12 bits per heavy atom. The second-order valence-corrected chi connectivity index (χ2v) is 4.39. The standard InChI is InChI=1S/C12H15N3S/c1-16-9-10-2-4-11(5-3-10)15-8-12-13-6-7-14-12/h2-7,15H,8-9H2,1H3,(H,13,14). The zero-order chi connectivity index (χ0) is 11.2. The lowest BCUT2D eigenvalue weighted by Crippen LogP contribution is -2.00. The average molecular weight is 233 g/mol. The van der Waals surface area contributed by atoms with Gasteiger partial charge in [-0.25, -0.2) is 4.98 Å². The molecule has 4 heteroatoms. The molecule has 2 rings (SSSR count). The lowest BCUT2D eigenvalue weighted by atomic mass is 10.2. The van der Waals surface area contributed by atoms with Gasteiger partial charge >= 0.3 is 0 Å². The summed E-state index contributed by atoms with van der Waals surface area (Å²) >= 11 is 1.84. The maximum atomic E-state index is 4.16. The van der Waals surface area contributed by atoms with E-state index in [2.05, 4.69) is 45.8 Å². The summed E-state index contributed by atoms with van der Waals surface area (Å²) in [5, 5.41) is 3.32. The number of rotatable bonds is 5. The Bertz CT molecular complexity index is 408. The summed E-state index contributed by atoms with van der Waals surface area (Å²) in [5.74, 6) is 2.02. The van der Waals surface area contributed by atoms with Gasteiger partial charge in [-0.05, 0) is 24.0 Å². The molecule has 0 amide bonds. The molecule has 0 aliphatic heterocycles. The van der Waals surface area contributed by atoms with Crippen molar-refractivity contribution in [1.29, 1.82) is 0 Å². The SMILES string of the molecule is CSCc1ccc(NCc2ncc[nH]2)cc1. The predicted molar refractivity (Wildman–Crippen MR) is 69.6 cm³/mol. The van der Waals surface area contributed by atoms with Crippen LogP contribution in [0.25, 0.3) is 0 Å². The van der Waals surface area contributed by atoms with Crippen molar-refractivity contribution in [2.75, 3.05) is 11.6 Å².